The minimum absolute atomic E-state index is 0.751. The Labute approximate surface area is 123 Å². The van der Waals surface area contributed by atoms with Crippen molar-refractivity contribution in [2.24, 2.45) is 5.16 Å². The number of para-hydroxylation sites is 1. The van der Waals surface area contributed by atoms with E-state index in [1.165, 1.54) is 0 Å². The van der Waals surface area contributed by atoms with Crippen molar-refractivity contribution in [2.75, 3.05) is 18.6 Å². The fourth-order valence-electron chi connectivity index (χ4n) is 2.52. The van der Waals surface area contributed by atoms with Gasteiger partial charge in [-0.05, 0) is 30.3 Å². The highest BCUT2D eigenvalue weighted by Gasteiger charge is 2.22. The van der Waals surface area contributed by atoms with Gasteiger partial charge in [-0.25, -0.2) is 0 Å². The molecule has 102 valence electrons. The first-order chi connectivity index (χ1) is 9.79. The third-order valence-corrected chi connectivity index (χ3v) is 3.67. The second kappa shape index (κ2) is 5.55. The maximum Gasteiger partial charge on any atom is 0.106 e. The van der Waals surface area contributed by atoms with Gasteiger partial charge in [-0.1, -0.05) is 35.0 Å². The Morgan fingerprint density at radius 3 is 2.60 bits per heavy atom. The van der Waals surface area contributed by atoms with Crippen LogP contribution in [0.5, 0.6) is 0 Å². The van der Waals surface area contributed by atoms with Gasteiger partial charge in [0.15, 0.2) is 0 Å². The number of fused-ring (bicyclic) bond motifs is 1. The van der Waals surface area contributed by atoms with Gasteiger partial charge >= 0.3 is 0 Å². The first-order valence-corrected chi connectivity index (χ1v) is 6.90. The Hall–Kier alpha value is -2.00. The Bertz CT molecular complexity index is 637. The Kier molecular flexibility index (Phi) is 3.61. The molecule has 0 bridgehead atoms. The smallest absolute Gasteiger partial charge is 0.106 e. The maximum absolute atomic E-state index is 5.96. The third kappa shape index (κ3) is 2.37. The second-order valence-corrected chi connectivity index (χ2v) is 5.05. The van der Waals surface area contributed by atoms with Crippen molar-refractivity contribution < 1.29 is 4.84 Å². The summed E-state index contributed by atoms with van der Waals surface area (Å²) in [5.41, 5.74) is 4.40. The Morgan fingerprint density at radius 1 is 1.10 bits per heavy atom. The van der Waals surface area contributed by atoms with Crippen LogP contribution in [0.3, 0.4) is 0 Å². The molecule has 0 atom stereocenters. The maximum atomic E-state index is 5.96. The lowest BCUT2D eigenvalue weighted by molar-refractivity contribution is 0.213. The predicted molar refractivity (Wildman–Crippen MR) is 83.1 cm³/mol. The summed E-state index contributed by atoms with van der Waals surface area (Å²) in [5.74, 6) is 0. The molecule has 0 saturated carbocycles. The van der Waals surface area contributed by atoms with E-state index in [1.54, 1.807) is 7.11 Å². The molecule has 1 aliphatic heterocycles. The molecule has 0 radical (unpaired) electrons. The second-order valence-electron chi connectivity index (χ2n) is 4.62. The molecule has 0 saturated heterocycles. The summed E-state index contributed by atoms with van der Waals surface area (Å²) in [5, 5.41) is 4.89. The number of nitrogens with zero attached hydrogens (tertiary/aromatic N) is 2. The molecule has 0 amide bonds. The lowest BCUT2D eigenvalue weighted by Crippen LogP contribution is -2.28. The summed E-state index contributed by atoms with van der Waals surface area (Å²) in [4.78, 5) is 7.22. The van der Waals surface area contributed by atoms with Crippen LogP contribution in [0.15, 0.2) is 53.7 Å². The van der Waals surface area contributed by atoms with Gasteiger partial charge in [-0.15, -0.1) is 0 Å². The van der Waals surface area contributed by atoms with E-state index in [2.05, 4.69) is 22.2 Å². The fraction of sp³-hybridized carbons (Fsp3) is 0.188. The zero-order valence-corrected chi connectivity index (χ0v) is 12.0. The zero-order chi connectivity index (χ0) is 13.9. The van der Waals surface area contributed by atoms with Crippen LogP contribution in [0.1, 0.15) is 12.0 Å². The van der Waals surface area contributed by atoms with Gasteiger partial charge in [-0.2, -0.15) is 0 Å². The van der Waals surface area contributed by atoms with E-state index in [-0.39, 0.29) is 0 Å². The van der Waals surface area contributed by atoms with Crippen molar-refractivity contribution >= 4 is 28.7 Å². The van der Waals surface area contributed by atoms with Crippen LogP contribution in [0.2, 0.25) is 5.02 Å². The van der Waals surface area contributed by atoms with Gasteiger partial charge in [0.2, 0.25) is 0 Å². The Balaban J connectivity index is 2.05. The molecule has 2 aromatic carbocycles. The van der Waals surface area contributed by atoms with Gasteiger partial charge in [0.05, 0.1) is 11.4 Å². The minimum atomic E-state index is 0.751. The summed E-state index contributed by atoms with van der Waals surface area (Å²) in [6.07, 6.45) is 0.855. The van der Waals surface area contributed by atoms with E-state index in [0.29, 0.717) is 0 Å². The molecule has 3 rings (SSSR count). The van der Waals surface area contributed by atoms with Crippen molar-refractivity contribution in [3.63, 3.8) is 0 Å². The predicted octanol–water partition coefficient (Wildman–Crippen LogP) is 4.23. The molecule has 0 N–H and O–H groups in total. The molecular formula is C16H15ClN2O. The molecular weight excluding hydrogens is 272 g/mol. The Morgan fingerprint density at radius 2 is 1.85 bits per heavy atom. The van der Waals surface area contributed by atoms with Crippen molar-refractivity contribution in [3.8, 4) is 0 Å². The van der Waals surface area contributed by atoms with Crippen LogP contribution in [0.25, 0.3) is 0 Å². The first-order valence-electron chi connectivity index (χ1n) is 6.52. The number of hydrogen-bond acceptors (Lipinski definition) is 3. The molecule has 0 fully saturated rings. The number of rotatable bonds is 2. The SMILES string of the molecule is CO/N=C1/CCN(c2ccc(Cl)cc2)c2ccccc21. The van der Waals surface area contributed by atoms with Crippen molar-refractivity contribution in [2.45, 2.75) is 6.42 Å². The lowest BCUT2D eigenvalue weighted by Gasteiger charge is -2.31. The minimum Gasteiger partial charge on any atom is -0.399 e. The molecule has 1 aliphatic rings. The number of anilines is 2. The highest BCUT2D eigenvalue weighted by atomic mass is 35.5. The average Bonchev–Trinajstić information content (AvgIpc) is 2.49. The highest BCUT2D eigenvalue weighted by Crippen LogP contribution is 2.34. The highest BCUT2D eigenvalue weighted by molar-refractivity contribution is 6.30. The van der Waals surface area contributed by atoms with E-state index in [9.17, 15) is 0 Å². The molecule has 0 aromatic heterocycles. The number of hydrogen-bond donors (Lipinski definition) is 0. The normalized spacial score (nSPS) is 16.1. The van der Waals surface area contributed by atoms with E-state index < -0.39 is 0 Å². The molecule has 0 unspecified atom stereocenters. The van der Waals surface area contributed by atoms with Crippen LogP contribution in [-0.2, 0) is 4.84 Å². The quantitative estimate of drug-likeness (QED) is 0.772. The molecule has 1 heterocycles. The summed E-state index contributed by atoms with van der Waals surface area (Å²) in [7, 11) is 1.58. The van der Waals surface area contributed by atoms with Crippen molar-refractivity contribution in [1.29, 1.82) is 0 Å². The van der Waals surface area contributed by atoms with Crippen LogP contribution in [0.4, 0.5) is 11.4 Å². The fourth-order valence-corrected chi connectivity index (χ4v) is 2.65. The van der Waals surface area contributed by atoms with Gasteiger partial charge < -0.3 is 9.74 Å². The molecule has 0 spiro atoms. The topological polar surface area (TPSA) is 24.8 Å². The molecule has 4 heteroatoms. The van der Waals surface area contributed by atoms with Crippen LogP contribution < -0.4 is 4.90 Å². The van der Waals surface area contributed by atoms with Crippen LogP contribution >= 0.6 is 11.6 Å². The summed E-state index contributed by atoms with van der Waals surface area (Å²) in [6, 6.07) is 16.2. The largest absolute Gasteiger partial charge is 0.399 e. The molecule has 0 aliphatic carbocycles. The molecule has 2 aromatic rings. The van der Waals surface area contributed by atoms with E-state index >= 15 is 0 Å². The average molecular weight is 287 g/mol. The van der Waals surface area contributed by atoms with Crippen molar-refractivity contribution in [1.82, 2.24) is 0 Å². The van der Waals surface area contributed by atoms with Crippen LogP contribution in [0, 0.1) is 0 Å². The zero-order valence-electron chi connectivity index (χ0n) is 11.2. The van der Waals surface area contributed by atoms with Gasteiger partial charge in [0.25, 0.3) is 0 Å². The standard InChI is InChI=1S/C16H15ClN2O/c1-20-18-15-10-11-19(13-8-6-12(17)7-9-13)16-5-3-2-4-14(15)16/h2-9H,10-11H2,1H3/b18-15-. The lowest BCUT2D eigenvalue weighted by atomic mass is 9.99. The van der Waals surface area contributed by atoms with Crippen LogP contribution in [-0.4, -0.2) is 19.4 Å². The number of halogens is 1. The van der Waals surface area contributed by atoms with E-state index in [0.717, 1.165) is 40.6 Å². The van der Waals surface area contributed by atoms with Gasteiger partial charge in [-0.3, -0.25) is 0 Å². The van der Waals surface area contributed by atoms with Crippen molar-refractivity contribution in [3.05, 3.63) is 59.1 Å². The monoisotopic (exact) mass is 286 g/mol. The molecule has 3 nitrogen and oxygen atoms in total. The summed E-state index contributed by atoms with van der Waals surface area (Å²) in [6.45, 7) is 0.876. The molecule has 20 heavy (non-hydrogen) atoms. The third-order valence-electron chi connectivity index (χ3n) is 3.42. The van der Waals surface area contributed by atoms with Gasteiger partial charge in [0, 0.05) is 29.2 Å². The summed E-state index contributed by atoms with van der Waals surface area (Å²) >= 11 is 5.96. The number of oxime groups is 1. The van der Waals surface area contributed by atoms with E-state index in [1.807, 2.05) is 36.4 Å². The number of benzene rings is 2. The van der Waals surface area contributed by atoms with Gasteiger partial charge in [0.1, 0.15) is 7.11 Å². The first kappa shape index (κ1) is 13.0. The van der Waals surface area contributed by atoms with E-state index in [4.69, 9.17) is 16.4 Å². The summed E-state index contributed by atoms with van der Waals surface area (Å²) < 4.78 is 0.